The minimum atomic E-state index is -0.0212. The molecule has 2 heterocycles. The van der Waals surface area contributed by atoms with Crippen LogP contribution in [0, 0.1) is 5.92 Å². The highest BCUT2D eigenvalue weighted by atomic mass is 16.5. The molecule has 3 aromatic rings. The number of benzene rings is 2. The van der Waals surface area contributed by atoms with Crippen LogP contribution in [0.3, 0.4) is 0 Å². The molecule has 152 valence electrons. The predicted octanol–water partition coefficient (Wildman–Crippen LogP) is 4.37. The number of piperidine rings is 1. The molecule has 1 aliphatic rings. The van der Waals surface area contributed by atoms with Crippen molar-refractivity contribution in [3.63, 3.8) is 0 Å². The van der Waals surface area contributed by atoms with Gasteiger partial charge in [-0.15, -0.1) is 0 Å². The minimum Gasteiger partial charge on any atom is -0.356 e. The summed E-state index contributed by atoms with van der Waals surface area (Å²) in [6.07, 6.45) is 4.55. The molecule has 0 saturated carbocycles. The predicted molar refractivity (Wildman–Crippen MR) is 115 cm³/mol. The summed E-state index contributed by atoms with van der Waals surface area (Å²) in [6.45, 7) is 3.37. The molecule has 1 saturated heterocycles. The van der Waals surface area contributed by atoms with E-state index >= 15 is 0 Å². The lowest BCUT2D eigenvalue weighted by Gasteiger charge is -2.31. The van der Waals surface area contributed by atoms with Crippen molar-refractivity contribution in [3.05, 3.63) is 65.4 Å². The van der Waals surface area contributed by atoms with Crippen LogP contribution < -0.4 is 0 Å². The van der Waals surface area contributed by atoms with Gasteiger partial charge in [0.25, 0.3) is 5.91 Å². The molecule has 0 N–H and O–H groups in total. The molecule has 5 nitrogen and oxygen atoms in total. The van der Waals surface area contributed by atoms with E-state index in [4.69, 9.17) is 4.52 Å². The highest BCUT2D eigenvalue weighted by Crippen LogP contribution is 2.26. The van der Waals surface area contributed by atoms with E-state index in [0.29, 0.717) is 11.1 Å². The third kappa shape index (κ3) is 4.67. The van der Waals surface area contributed by atoms with Crippen LogP contribution in [0.5, 0.6) is 0 Å². The van der Waals surface area contributed by atoms with Crippen molar-refractivity contribution in [3.8, 4) is 0 Å². The lowest BCUT2D eigenvalue weighted by atomic mass is 9.91. The van der Waals surface area contributed by atoms with E-state index in [9.17, 15) is 4.79 Å². The number of nitrogens with zero attached hydrogens (tertiary/aromatic N) is 3. The number of hydrogen-bond acceptors (Lipinski definition) is 4. The van der Waals surface area contributed by atoms with E-state index in [0.717, 1.165) is 49.5 Å². The van der Waals surface area contributed by atoms with Crippen molar-refractivity contribution in [2.24, 2.45) is 5.92 Å². The number of aryl methyl sites for hydroxylation is 1. The summed E-state index contributed by atoms with van der Waals surface area (Å²) in [5, 5.41) is 5.31. The first kappa shape index (κ1) is 19.6. The molecule has 0 radical (unpaired) electrons. The van der Waals surface area contributed by atoms with Gasteiger partial charge in [-0.3, -0.25) is 9.69 Å². The summed E-state index contributed by atoms with van der Waals surface area (Å²) in [7, 11) is 3.51. The van der Waals surface area contributed by atoms with Crippen molar-refractivity contribution < 1.29 is 9.32 Å². The van der Waals surface area contributed by atoms with Gasteiger partial charge < -0.3 is 9.42 Å². The number of hydrogen-bond donors (Lipinski definition) is 0. The first-order valence-electron chi connectivity index (χ1n) is 10.5. The smallest absolute Gasteiger partial charge is 0.253 e. The van der Waals surface area contributed by atoms with Gasteiger partial charge in [0, 0.05) is 31.6 Å². The van der Waals surface area contributed by atoms with Gasteiger partial charge in [0.15, 0.2) is 5.58 Å². The summed E-state index contributed by atoms with van der Waals surface area (Å²) in [5.74, 6) is 0.718. The lowest BCUT2D eigenvalue weighted by molar-refractivity contribution is 0.0827. The van der Waals surface area contributed by atoms with Gasteiger partial charge in [0.1, 0.15) is 0 Å². The van der Waals surface area contributed by atoms with Crippen LogP contribution in [-0.2, 0) is 13.0 Å². The van der Waals surface area contributed by atoms with Crippen molar-refractivity contribution in [2.45, 2.75) is 32.2 Å². The Labute approximate surface area is 172 Å². The standard InChI is InChI=1S/C24H29N3O2/c1-26(2)24(28)20-9-10-21-22(25-29-23(21)16-20)11-8-18-12-14-27(15-13-18)17-19-6-4-3-5-7-19/h3-7,9-10,16,18H,8,11-15,17H2,1-2H3. The zero-order chi connectivity index (χ0) is 20.2. The van der Waals surface area contributed by atoms with Crippen LogP contribution in [0.1, 0.15) is 40.9 Å². The highest BCUT2D eigenvalue weighted by Gasteiger charge is 2.20. The molecular formula is C24H29N3O2. The number of rotatable bonds is 6. The van der Waals surface area contributed by atoms with Gasteiger partial charge in [0.2, 0.25) is 0 Å². The van der Waals surface area contributed by atoms with Gasteiger partial charge in [-0.1, -0.05) is 35.5 Å². The van der Waals surface area contributed by atoms with Gasteiger partial charge in [0.05, 0.1) is 5.69 Å². The van der Waals surface area contributed by atoms with Crippen LogP contribution in [0.25, 0.3) is 11.0 Å². The average molecular weight is 392 g/mol. The van der Waals surface area contributed by atoms with Crippen molar-refractivity contribution in [2.75, 3.05) is 27.2 Å². The number of amides is 1. The van der Waals surface area contributed by atoms with E-state index < -0.39 is 0 Å². The lowest BCUT2D eigenvalue weighted by Crippen LogP contribution is -2.33. The Morgan fingerprint density at radius 3 is 2.62 bits per heavy atom. The largest absolute Gasteiger partial charge is 0.356 e. The van der Waals surface area contributed by atoms with Gasteiger partial charge >= 0.3 is 0 Å². The summed E-state index contributed by atoms with van der Waals surface area (Å²) < 4.78 is 5.51. The fraction of sp³-hybridized carbons (Fsp3) is 0.417. The molecule has 2 aromatic carbocycles. The number of likely N-dealkylation sites (tertiary alicyclic amines) is 1. The monoisotopic (exact) mass is 391 g/mol. The van der Waals surface area contributed by atoms with E-state index in [1.165, 1.54) is 18.4 Å². The molecular weight excluding hydrogens is 362 g/mol. The van der Waals surface area contributed by atoms with Crippen LogP contribution in [0.15, 0.2) is 53.1 Å². The quantitative estimate of drug-likeness (QED) is 0.626. The first-order chi connectivity index (χ1) is 14.1. The first-order valence-corrected chi connectivity index (χ1v) is 10.5. The number of carbonyl (C=O) groups is 1. The van der Waals surface area contributed by atoms with Crippen molar-refractivity contribution >= 4 is 16.9 Å². The molecule has 1 fully saturated rings. The highest BCUT2D eigenvalue weighted by molar-refractivity contribution is 5.97. The van der Waals surface area contributed by atoms with Gasteiger partial charge in [-0.25, -0.2) is 0 Å². The zero-order valence-corrected chi connectivity index (χ0v) is 17.3. The van der Waals surface area contributed by atoms with E-state index in [1.54, 1.807) is 25.1 Å². The van der Waals surface area contributed by atoms with E-state index in [1.807, 2.05) is 12.1 Å². The zero-order valence-electron chi connectivity index (χ0n) is 17.3. The Morgan fingerprint density at radius 1 is 1.14 bits per heavy atom. The summed E-state index contributed by atoms with van der Waals surface area (Å²) >= 11 is 0. The second-order valence-electron chi connectivity index (χ2n) is 8.28. The maximum atomic E-state index is 12.1. The molecule has 0 unspecified atom stereocenters. The average Bonchev–Trinajstić information content (AvgIpc) is 3.15. The molecule has 4 rings (SSSR count). The van der Waals surface area contributed by atoms with Crippen molar-refractivity contribution in [1.29, 1.82) is 0 Å². The number of fused-ring (bicyclic) bond motifs is 1. The topological polar surface area (TPSA) is 49.6 Å². The van der Waals surface area contributed by atoms with Crippen molar-refractivity contribution in [1.82, 2.24) is 15.0 Å². The Bertz CT molecular complexity index is 957. The Morgan fingerprint density at radius 2 is 1.90 bits per heavy atom. The van der Waals surface area contributed by atoms with Crippen LogP contribution >= 0.6 is 0 Å². The number of carbonyl (C=O) groups excluding carboxylic acids is 1. The molecule has 0 spiro atoms. The second-order valence-corrected chi connectivity index (χ2v) is 8.28. The molecule has 29 heavy (non-hydrogen) atoms. The third-order valence-corrected chi connectivity index (χ3v) is 5.95. The second kappa shape index (κ2) is 8.78. The Hall–Kier alpha value is -2.66. The molecule has 1 amide bonds. The molecule has 1 aromatic heterocycles. The maximum Gasteiger partial charge on any atom is 0.253 e. The van der Waals surface area contributed by atoms with E-state index in [-0.39, 0.29) is 5.91 Å². The molecule has 1 aliphatic heterocycles. The molecule has 0 bridgehead atoms. The van der Waals surface area contributed by atoms with Crippen LogP contribution in [0.4, 0.5) is 0 Å². The number of aromatic nitrogens is 1. The third-order valence-electron chi connectivity index (χ3n) is 5.95. The van der Waals surface area contributed by atoms with Gasteiger partial charge in [-0.2, -0.15) is 0 Å². The fourth-order valence-electron chi connectivity index (χ4n) is 4.18. The molecule has 0 atom stereocenters. The summed E-state index contributed by atoms with van der Waals surface area (Å²) in [5.41, 5.74) is 3.74. The fourth-order valence-corrected chi connectivity index (χ4v) is 4.18. The van der Waals surface area contributed by atoms with Crippen LogP contribution in [-0.4, -0.2) is 48.0 Å². The summed E-state index contributed by atoms with van der Waals surface area (Å²) in [6, 6.07) is 16.4. The summed E-state index contributed by atoms with van der Waals surface area (Å²) in [4.78, 5) is 16.3. The Kier molecular flexibility index (Phi) is 5.95. The minimum absolute atomic E-state index is 0.0212. The van der Waals surface area contributed by atoms with Crippen LogP contribution in [0.2, 0.25) is 0 Å². The maximum absolute atomic E-state index is 12.1. The molecule has 5 heteroatoms. The van der Waals surface area contributed by atoms with Gasteiger partial charge in [-0.05, 0) is 68.5 Å². The SMILES string of the molecule is CN(C)C(=O)c1ccc2c(CCC3CCN(Cc4ccccc4)CC3)noc2c1. The van der Waals surface area contributed by atoms with E-state index in [2.05, 4.69) is 40.4 Å². The normalized spacial score (nSPS) is 15.7. The Balaban J connectivity index is 1.31. The molecule has 0 aliphatic carbocycles.